The van der Waals surface area contributed by atoms with E-state index in [9.17, 15) is 4.39 Å². The molecule has 2 aromatic rings. The van der Waals surface area contributed by atoms with Gasteiger partial charge in [-0.2, -0.15) is 0 Å². The second-order valence-corrected chi connectivity index (χ2v) is 9.83. The average Bonchev–Trinajstić information content (AvgIpc) is 2.74. The molecule has 2 atom stereocenters. The summed E-state index contributed by atoms with van der Waals surface area (Å²) in [5.41, 5.74) is 2.06. The zero-order valence-corrected chi connectivity index (χ0v) is 20.6. The quantitative estimate of drug-likeness (QED) is 0.377. The van der Waals surface area contributed by atoms with Crippen LogP contribution in [0.3, 0.4) is 0 Å². The van der Waals surface area contributed by atoms with Gasteiger partial charge in [0.2, 0.25) is 0 Å². The van der Waals surface area contributed by atoms with Gasteiger partial charge < -0.3 is 24.3 Å². The highest BCUT2D eigenvalue weighted by molar-refractivity contribution is 7.47. The van der Waals surface area contributed by atoms with Gasteiger partial charge in [0, 0.05) is 36.5 Å². The lowest BCUT2D eigenvalue weighted by Gasteiger charge is -2.25. The molecule has 2 aromatic carbocycles. The summed E-state index contributed by atoms with van der Waals surface area (Å²) in [6.07, 6.45) is 0.877. The van der Waals surface area contributed by atoms with E-state index in [2.05, 4.69) is 33.0 Å². The van der Waals surface area contributed by atoms with E-state index in [1.165, 1.54) is 6.07 Å². The average molecular weight is 452 g/mol. The Morgan fingerprint density at radius 3 is 2.39 bits per heavy atom. The molecule has 2 unspecified atom stereocenters. The van der Waals surface area contributed by atoms with Crippen LogP contribution in [0.4, 0.5) is 4.39 Å². The van der Waals surface area contributed by atoms with E-state index in [0.717, 1.165) is 22.9 Å². The van der Waals surface area contributed by atoms with Crippen molar-refractivity contribution in [2.45, 2.75) is 51.9 Å². The Bertz CT molecular complexity index is 854. The first-order valence-corrected chi connectivity index (χ1v) is 11.5. The molecule has 5 nitrogen and oxygen atoms in total. The first-order valence-electron chi connectivity index (χ1n) is 10.4. The number of hydrogen-bond acceptors (Lipinski definition) is 5. The molecule has 0 aromatic heterocycles. The normalized spacial score (nSPS) is 12.9. The number of methoxy groups -OCH3 is 3. The first kappa shape index (κ1) is 25.4. The zero-order chi connectivity index (χ0) is 23.0. The molecule has 1 N–H and O–H groups in total. The molecule has 0 saturated carbocycles. The van der Waals surface area contributed by atoms with E-state index in [1.54, 1.807) is 33.5 Å². The van der Waals surface area contributed by atoms with Crippen molar-refractivity contribution < 1.29 is 23.3 Å². The fourth-order valence-corrected chi connectivity index (χ4v) is 4.67. The summed E-state index contributed by atoms with van der Waals surface area (Å²) >= 11 is 0. The van der Waals surface area contributed by atoms with Crippen LogP contribution in [0.2, 0.25) is 0 Å². The van der Waals surface area contributed by atoms with Gasteiger partial charge in [0.05, 0.1) is 14.2 Å². The van der Waals surface area contributed by atoms with Crippen molar-refractivity contribution in [2.24, 2.45) is 0 Å². The van der Waals surface area contributed by atoms with Crippen LogP contribution in [-0.4, -0.2) is 33.7 Å². The minimum absolute atomic E-state index is 0.0574. The van der Waals surface area contributed by atoms with Crippen molar-refractivity contribution >= 4 is 13.9 Å². The molecule has 0 radical (unpaired) electrons. The zero-order valence-electron chi connectivity index (χ0n) is 19.6. The fourth-order valence-electron chi connectivity index (χ4n) is 3.20. The summed E-state index contributed by atoms with van der Waals surface area (Å²) in [7, 11) is 5.25. The predicted octanol–water partition coefficient (Wildman–Crippen LogP) is 5.17. The standard InChI is InChI=1S/C24H35FNO4P/c1-8-21(19-12-18(28-6)13-20(29-7)23(19)30-15-27-5)31-22-10-9-17(25)11-16(22)14-26-24(2,3)4/h9-13,21,26,31H,8,14-15H2,1-7H3. The molecule has 31 heavy (non-hydrogen) atoms. The van der Waals surface area contributed by atoms with Crippen LogP contribution in [-0.2, 0) is 11.3 Å². The molecule has 0 fully saturated rings. The third-order valence-electron chi connectivity index (χ3n) is 4.82. The van der Waals surface area contributed by atoms with Crippen LogP contribution in [0.15, 0.2) is 30.3 Å². The number of rotatable bonds is 11. The molecule has 0 heterocycles. The number of ether oxygens (including phenoxy) is 4. The highest BCUT2D eigenvalue weighted by Crippen LogP contribution is 2.47. The smallest absolute Gasteiger partial charge is 0.188 e. The highest BCUT2D eigenvalue weighted by Gasteiger charge is 2.22. The number of benzene rings is 2. The summed E-state index contributed by atoms with van der Waals surface area (Å²) in [5, 5.41) is 4.60. The molecule has 2 rings (SSSR count). The molecule has 7 heteroatoms. The number of hydrogen-bond donors (Lipinski definition) is 1. The van der Waals surface area contributed by atoms with Crippen molar-refractivity contribution in [3.8, 4) is 17.2 Å². The molecule has 0 bridgehead atoms. The van der Waals surface area contributed by atoms with Crippen molar-refractivity contribution in [2.75, 3.05) is 28.1 Å². The van der Waals surface area contributed by atoms with Crippen LogP contribution in [0.5, 0.6) is 17.2 Å². The summed E-state index contributed by atoms with van der Waals surface area (Å²) in [4.78, 5) is 0. The van der Waals surface area contributed by atoms with Crippen LogP contribution in [0.25, 0.3) is 0 Å². The van der Waals surface area contributed by atoms with E-state index in [-0.39, 0.29) is 23.8 Å². The Morgan fingerprint density at radius 1 is 1.06 bits per heavy atom. The van der Waals surface area contributed by atoms with Crippen molar-refractivity contribution in [3.05, 3.63) is 47.3 Å². The third-order valence-corrected chi connectivity index (χ3v) is 6.69. The third kappa shape index (κ3) is 7.34. The second-order valence-electron chi connectivity index (χ2n) is 8.31. The van der Waals surface area contributed by atoms with Crippen molar-refractivity contribution in [1.29, 1.82) is 0 Å². The topological polar surface area (TPSA) is 49.0 Å². The maximum absolute atomic E-state index is 14.0. The maximum atomic E-state index is 14.0. The van der Waals surface area contributed by atoms with E-state index in [4.69, 9.17) is 18.9 Å². The van der Waals surface area contributed by atoms with Crippen molar-refractivity contribution in [3.63, 3.8) is 0 Å². The van der Waals surface area contributed by atoms with Gasteiger partial charge >= 0.3 is 0 Å². The molecular formula is C24H35FNO4P. The number of halogens is 1. The SMILES string of the molecule is CCC(Pc1ccc(F)cc1CNC(C)(C)C)c1cc(OC)cc(OC)c1OCOC. The van der Waals surface area contributed by atoms with Gasteiger partial charge in [0.1, 0.15) is 11.6 Å². The minimum Gasteiger partial charge on any atom is -0.497 e. The molecule has 0 aliphatic rings. The van der Waals surface area contributed by atoms with Gasteiger partial charge in [-0.1, -0.05) is 21.6 Å². The predicted molar refractivity (Wildman–Crippen MR) is 126 cm³/mol. The molecule has 0 aliphatic carbocycles. The Morgan fingerprint density at radius 2 is 1.81 bits per heavy atom. The van der Waals surface area contributed by atoms with E-state index >= 15 is 0 Å². The van der Waals surface area contributed by atoms with Crippen LogP contribution in [0, 0.1) is 5.82 Å². The van der Waals surface area contributed by atoms with Gasteiger partial charge in [-0.25, -0.2) is 4.39 Å². The van der Waals surface area contributed by atoms with Crippen LogP contribution >= 0.6 is 8.58 Å². The molecular weight excluding hydrogens is 416 g/mol. The Balaban J connectivity index is 2.45. The Hall–Kier alpha value is -1.88. The second kappa shape index (κ2) is 11.7. The van der Waals surface area contributed by atoms with E-state index < -0.39 is 0 Å². The Kier molecular flexibility index (Phi) is 9.54. The molecule has 172 valence electrons. The lowest BCUT2D eigenvalue weighted by atomic mass is 10.1. The lowest BCUT2D eigenvalue weighted by Crippen LogP contribution is -2.36. The lowest BCUT2D eigenvalue weighted by molar-refractivity contribution is 0.0483. The van der Waals surface area contributed by atoms with Gasteiger partial charge in [-0.3, -0.25) is 0 Å². The van der Waals surface area contributed by atoms with Gasteiger partial charge in [-0.05, 0) is 56.3 Å². The van der Waals surface area contributed by atoms with E-state index in [1.807, 2.05) is 12.1 Å². The summed E-state index contributed by atoms with van der Waals surface area (Å²) in [6, 6.07) is 8.85. The van der Waals surface area contributed by atoms with Gasteiger partial charge in [0.15, 0.2) is 18.3 Å². The van der Waals surface area contributed by atoms with E-state index in [0.29, 0.717) is 32.4 Å². The monoisotopic (exact) mass is 451 g/mol. The van der Waals surface area contributed by atoms with Gasteiger partial charge in [-0.15, -0.1) is 0 Å². The molecule has 0 amide bonds. The Labute approximate surface area is 187 Å². The highest BCUT2D eigenvalue weighted by atomic mass is 31.1. The maximum Gasteiger partial charge on any atom is 0.188 e. The summed E-state index contributed by atoms with van der Waals surface area (Å²) < 4.78 is 36.1. The molecule has 0 aliphatic heterocycles. The number of nitrogens with one attached hydrogen (secondary N) is 1. The molecule has 0 saturated heterocycles. The van der Waals surface area contributed by atoms with Crippen LogP contribution < -0.4 is 24.8 Å². The van der Waals surface area contributed by atoms with Gasteiger partial charge in [0.25, 0.3) is 0 Å². The first-order chi connectivity index (χ1) is 14.7. The summed E-state index contributed by atoms with van der Waals surface area (Å²) in [5.74, 6) is 1.73. The fraction of sp³-hybridized carbons (Fsp3) is 0.500. The van der Waals surface area contributed by atoms with Crippen LogP contribution in [0.1, 0.15) is 50.9 Å². The molecule has 0 spiro atoms. The largest absolute Gasteiger partial charge is 0.497 e. The summed E-state index contributed by atoms with van der Waals surface area (Å²) in [6.45, 7) is 9.17. The minimum atomic E-state index is -0.223. The van der Waals surface area contributed by atoms with Crippen molar-refractivity contribution in [1.82, 2.24) is 5.32 Å².